The molecule has 1 fully saturated rings. The third kappa shape index (κ3) is 5.28. The molecule has 2 N–H and O–H groups in total. The van der Waals surface area contributed by atoms with E-state index in [2.05, 4.69) is 41.4 Å². The summed E-state index contributed by atoms with van der Waals surface area (Å²) in [4.78, 5) is 10.3. The van der Waals surface area contributed by atoms with Gasteiger partial charge in [0.2, 0.25) is 0 Å². The van der Waals surface area contributed by atoms with Crippen molar-refractivity contribution in [3.8, 4) is 0 Å². The largest absolute Gasteiger partial charge is 0.373 e. The van der Waals surface area contributed by atoms with E-state index in [1.807, 2.05) is 6.20 Å². The molecule has 1 unspecified atom stereocenters. The summed E-state index contributed by atoms with van der Waals surface area (Å²) >= 11 is 1.75. The average Bonchev–Trinajstić information content (AvgIpc) is 3.06. The average molecular weight is 310 g/mol. The highest BCUT2D eigenvalue weighted by molar-refractivity contribution is 7.11. The van der Waals surface area contributed by atoms with Crippen molar-refractivity contribution in [2.24, 2.45) is 4.99 Å². The zero-order valence-corrected chi connectivity index (χ0v) is 14.1. The van der Waals surface area contributed by atoms with Gasteiger partial charge >= 0.3 is 0 Å². The molecule has 1 aliphatic heterocycles. The normalized spacial score (nSPS) is 22.5. The second kappa shape index (κ2) is 7.75. The van der Waals surface area contributed by atoms with E-state index in [4.69, 9.17) is 4.74 Å². The van der Waals surface area contributed by atoms with Crippen LogP contribution in [0.1, 0.15) is 36.6 Å². The molecule has 2 rings (SSSR count). The van der Waals surface area contributed by atoms with Crippen molar-refractivity contribution in [1.82, 2.24) is 15.6 Å². The Morgan fingerprint density at radius 3 is 3.00 bits per heavy atom. The fourth-order valence-electron chi connectivity index (χ4n) is 2.35. The molecule has 6 heteroatoms. The number of thiazole rings is 1. The molecule has 1 aromatic rings. The number of hydrogen-bond acceptors (Lipinski definition) is 4. The zero-order valence-electron chi connectivity index (χ0n) is 13.2. The van der Waals surface area contributed by atoms with Gasteiger partial charge in [0.05, 0.1) is 17.2 Å². The first-order valence-corrected chi connectivity index (χ1v) is 8.50. The second-order valence-electron chi connectivity index (χ2n) is 5.64. The van der Waals surface area contributed by atoms with E-state index in [0.717, 1.165) is 44.9 Å². The van der Waals surface area contributed by atoms with Gasteiger partial charge in [-0.25, -0.2) is 4.98 Å². The predicted octanol–water partition coefficient (Wildman–Crippen LogP) is 2.12. The van der Waals surface area contributed by atoms with E-state index < -0.39 is 0 Å². The van der Waals surface area contributed by atoms with Crippen LogP contribution in [0, 0.1) is 6.92 Å². The first-order chi connectivity index (χ1) is 10.1. The van der Waals surface area contributed by atoms with Crippen LogP contribution >= 0.6 is 11.3 Å². The molecule has 0 spiro atoms. The standard InChI is InChI=1S/C15H26N4OS/c1-4-16-14(19-11-15(3)7-5-9-20-15)17-8-6-13-18-10-12(2)21-13/h10H,4-9,11H2,1-3H3,(H2,16,17,19). The number of aromatic nitrogens is 1. The summed E-state index contributed by atoms with van der Waals surface area (Å²) < 4.78 is 5.77. The Bertz CT molecular complexity index is 466. The second-order valence-corrected chi connectivity index (χ2v) is 6.96. The molecule has 1 aliphatic rings. The van der Waals surface area contributed by atoms with Gasteiger partial charge in [-0.05, 0) is 33.6 Å². The van der Waals surface area contributed by atoms with Gasteiger partial charge in [-0.1, -0.05) is 0 Å². The lowest BCUT2D eigenvalue weighted by Gasteiger charge is -2.21. The number of hydrogen-bond donors (Lipinski definition) is 2. The number of aryl methyl sites for hydroxylation is 1. The summed E-state index contributed by atoms with van der Waals surface area (Å²) in [6.07, 6.45) is 5.09. The highest BCUT2D eigenvalue weighted by Crippen LogP contribution is 2.24. The maximum atomic E-state index is 5.77. The Morgan fingerprint density at radius 1 is 1.52 bits per heavy atom. The van der Waals surface area contributed by atoms with Gasteiger partial charge in [0.25, 0.3) is 0 Å². The minimum absolute atomic E-state index is 0.0885. The molecule has 0 aromatic carbocycles. The number of nitrogens with one attached hydrogen (secondary N) is 2. The van der Waals surface area contributed by atoms with Gasteiger partial charge in [-0.2, -0.15) is 0 Å². The Morgan fingerprint density at radius 2 is 2.38 bits per heavy atom. The molecule has 0 radical (unpaired) electrons. The predicted molar refractivity (Wildman–Crippen MR) is 88.1 cm³/mol. The van der Waals surface area contributed by atoms with Crippen molar-refractivity contribution in [1.29, 1.82) is 0 Å². The molecule has 1 aromatic heterocycles. The van der Waals surface area contributed by atoms with Gasteiger partial charge in [0.1, 0.15) is 0 Å². The summed E-state index contributed by atoms with van der Waals surface area (Å²) in [5, 5.41) is 7.82. The summed E-state index contributed by atoms with van der Waals surface area (Å²) in [6, 6.07) is 0. The smallest absolute Gasteiger partial charge is 0.191 e. The summed E-state index contributed by atoms with van der Waals surface area (Å²) in [6.45, 7) is 9.58. The molecule has 0 amide bonds. The Labute approximate surface area is 131 Å². The van der Waals surface area contributed by atoms with Gasteiger partial charge in [-0.15, -0.1) is 11.3 Å². The van der Waals surface area contributed by atoms with E-state index in [1.54, 1.807) is 11.3 Å². The van der Waals surface area contributed by atoms with Crippen LogP contribution in [0.5, 0.6) is 0 Å². The van der Waals surface area contributed by atoms with E-state index in [0.29, 0.717) is 6.54 Å². The monoisotopic (exact) mass is 310 g/mol. The Hall–Kier alpha value is -1.14. The van der Waals surface area contributed by atoms with Crippen molar-refractivity contribution < 1.29 is 4.74 Å². The fourth-order valence-corrected chi connectivity index (χ4v) is 3.14. The number of ether oxygens (including phenoxy) is 1. The van der Waals surface area contributed by atoms with Gasteiger partial charge in [0.15, 0.2) is 5.96 Å². The third-order valence-electron chi connectivity index (χ3n) is 3.52. The van der Waals surface area contributed by atoms with Crippen LogP contribution in [0.2, 0.25) is 0 Å². The van der Waals surface area contributed by atoms with Crippen LogP contribution in [0.3, 0.4) is 0 Å². The molecule has 5 nitrogen and oxygen atoms in total. The van der Waals surface area contributed by atoms with E-state index in [1.165, 1.54) is 9.88 Å². The highest BCUT2D eigenvalue weighted by atomic mass is 32.1. The van der Waals surface area contributed by atoms with Gasteiger partial charge in [-0.3, -0.25) is 4.99 Å². The minimum atomic E-state index is -0.0885. The third-order valence-corrected chi connectivity index (χ3v) is 4.49. The molecule has 2 heterocycles. The lowest BCUT2D eigenvalue weighted by molar-refractivity contribution is 0.0283. The molecule has 0 aliphatic carbocycles. The van der Waals surface area contributed by atoms with E-state index in [9.17, 15) is 0 Å². The van der Waals surface area contributed by atoms with Gasteiger partial charge in [0, 0.05) is 37.2 Å². The Kier molecular flexibility index (Phi) is 5.99. The number of rotatable bonds is 6. The molecule has 1 atom stereocenters. The highest BCUT2D eigenvalue weighted by Gasteiger charge is 2.29. The summed E-state index contributed by atoms with van der Waals surface area (Å²) in [7, 11) is 0. The van der Waals surface area contributed by atoms with Crippen molar-refractivity contribution in [2.45, 2.75) is 45.6 Å². The number of aliphatic imine (C=N–C) groups is 1. The van der Waals surface area contributed by atoms with Crippen LogP contribution in [-0.2, 0) is 11.2 Å². The fraction of sp³-hybridized carbons (Fsp3) is 0.733. The SMILES string of the molecule is CCNC(=NCC1(C)CCCO1)NCCc1ncc(C)s1. The molecular formula is C15H26N4OS. The lowest BCUT2D eigenvalue weighted by atomic mass is 10.0. The van der Waals surface area contributed by atoms with Crippen LogP contribution < -0.4 is 10.6 Å². The maximum Gasteiger partial charge on any atom is 0.191 e. The molecule has 21 heavy (non-hydrogen) atoms. The minimum Gasteiger partial charge on any atom is -0.373 e. The lowest BCUT2D eigenvalue weighted by Crippen LogP contribution is -2.40. The number of nitrogens with zero attached hydrogens (tertiary/aromatic N) is 2. The Balaban J connectivity index is 1.80. The molecule has 0 bridgehead atoms. The van der Waals surface area contributed by atoms with Crippen LogP contribution in [-0.4, -0.2) is 42.8 Å². The van der Waals surface area contributed by atoms with E-state index in [-0.39, 0.29) is 5.60 Å². The molecular weight excluding hydrogens is 284 g/mol. The van der Waals surface area contributed by atoms with Crippen molar-refractivity contribution in [3.63, 3.8) is 0 Å². The first-order valence-electron chi connectivity index (χ1n) is 7.69. The molecule has 118 valence electrons. The van der Waals surface area contributed by atoms with Crippen molar-refractivity contribution in [2.75, 3.05) is 26.2 Å². The van der Waals surface area contributed by atoms with Crippen LogP contribution in [0.25, 0.3) is 0 Å². The molecule has 0 saturated carbocycles. The maximum absolute atomic E-state index is 5.77. The van der Waals surface area contributed by atoms with Crippen molar-refractivity contribution >= 4 is 17.3 Å². The van der Waals surface area contributed by atoms with Crippen LogP contribution in [0.4, 0.5) is 0 Å². The molecule has 1 saturated heterocycles. The summed E-state index contributed by atoms with van der Waals surface area (Å²) in [5.41, 5.74) is -0.0885. The zero-order chi connectivity index (χ0) is 15.1. The topological polar surface area (TPSA) is 58.5 Å². The van der Waals surface area contributed by atoms with Crippen LogP contribution in [0.15, 0.2) is 11.2 Å². The van der Waals surface area contributed by atoms with Crippen molar-refractivity contribution in [3.05, 3.63) is 16.1 Å². The number of guanidine groups is 1. The quantitative estimate of drug-likeness (QED) is 0.624. The first kappa shape index (κ1) is 16.2. The van der Waals surface area contributed by atoms with Gasteiger partial charge < -0.3 is 15.4 Å². The van der Waals surface area contributed by atoms with E-state index >= 15 is 0 Å². The summed E-state index contributed by atoms with van der Waals surface area (Å²) in [5.74, 6) is 0.863.